The quantitative estimate of drug-likeness (QED) is 0.482. The van der Waals surface area contributed by atoms with E-state index in [9.17, 15) is 4.79 Å². The summed E-state index contributed by atoms with van der Waals surface area (Å²) in [6, 6.07) is 11.6. The standard InChI is InChI=1S/C22H23N7O2.C2H6/c1-28(2)12-18(30)25-22-17(31-4)10-16-21(26-22)20(24-13-23-16)15-11-29(3)27-19(15)14-8-6-5-7-9-14;1-2/h5-11,13H,12H2,1-4H3,(H,25,26,30);1-2H3. The molecule has 0 bridgehead atoms. The van der Waals surface area contributed by atoms with E-state index in [1.165, 1.54) is 13.4 Å². The second-order valence-corrected chi connectivity index (χ2v) is 7.35. The molecule has 3 aromatic heterocycles. The highest BCUT2D eigenvalue weighted by Crippen LogP contribution is 2.35. The molecule has 0 radical (unpaired) electrons. The molecule has 0 saturated carbocycles. The molecule has 1 amide bonds. The number of carbonyl (C=O) groups excluding carboxylic acids is 1. The molecule has 0 unspecified atom stereocenters. The maximum absolute atomic E-state index is 12.3. The van der Waals surface area contributed by atoms with Gasteiger partial charge >= 0.3 is 0 Å². The van der Waals surface area contributed by atoms with Gasteiger partial charge in [0.25, 0.3) is 0 Å². The van der Waals surface area contributed by atoms with E-state index in [0.29, 0.717) is 28.3 Å². The van der Waals surface area contributed by atoms with E-state index >= 15 is 0 Å². The van der Waals surface area contributed by atoms with Crippen molar-refractivity contribution in [3.05, 3.63) is 48.9 Å². The summed E-state index contributed by atoms with van der Waals surface area (Å²) < 4.78 is 7.18. The molecule has 0 fully saturated rings. The van der Waals surface area contributed by atoms with Gasteiger partial charge in [0, 0.05) is 30.4 Å². The highest BCUT2D eigenvalue weighted by molar-refractivity contribution is 5.98. The second kappa shape index (κ2) is 10.6. The minimum atomic E-state index is -0.195. The van der Waals surface area contributed by atoms with Crippen LogP contribution in [0.25, 0.3) is 33.5 Å². The Morgan fingerprint density at radius 2 is 1.85 bits per heavy atom. The van der Waals surface area contributed by atoms with Gasteiger partial charge in [0.1, 0.15) is 23.2 Å². The van der Waals surface area contributed by atoms with Crippen LogP contribution in [0.15, 0.2) is 48.9 Å². The lowest BCUT2D eigenvalue weighted by Gasteiger charge is -2.13. The third-order valence-corrected chi connectivity index (χ3v) is 4.64. The van der Waals surface area contributed by atoms with E-state index in [1.807, 2.05) is 71.5 Å². The first-order valence-corrected chi connectivity index (χ1v) is 10.7. The molecule has 9 heteroatoms. The summed E-state index contributed by atoms with van der Waals surface area (Å²) in [7, 11) is 7.04. The summed E-state index contributed by atoms with van der Waals surface area (Å²) in [5.41, 5.74) is 4.37. The molecule has 1 N–H and O–H groups in total. The van der Waals surface area contributed by atoms with E-state index in [0.717, 1.165) is 16.8 Å². The number of amides is 1. The van der Waals surface area contributed by atoms with Crippen LogP contribution in [0, 0.1) is 0 Å². The minimum absolute atomic E-state index is 0.195. The van der Waals surface area contributed by atoms with Gasteiger partial charge in [-0.25, -0.2) is 15.0 Å². The van der Waals surface area contributed by atoms with Gasteiger partial charge in [-0.2, -0.15) is 5.10 Å². The Morgan fingerprint density at radius 1 is 1.12 bits per heavy atom. The highest BCUT2D eigenvalue weighted by atomic mass is 16.5. The number of rotatable bonds is 6. The van der Waals surface area contributed by atoms with Gasteiger partial charge in [-0.1, -0.05) is 44.2 Å². The van der Waals surface area contributed by atoms with Gasteiger partial charge in [-0.15, -0.1) is 0 Å². The van der Waals surface area contributed by atoms with Crippen LogP contribution in [0.4, 0.5) is 5.82 Å². The number of aromatic nitrogens is 5. The number of methoxy groups -OCH3 is 1. The third kappa shape index (κ3) is 5.32. The smallest absolute Gasteiger partial charge is 0.239 e. The van der Waals surface area contributed by atoms with Crippen LogP contribution in [0.2, 0.25) is 0 Å². The van der Waals surface area contributed by atoms with E-state index in [2.05, 4.69) is 25.4 Å². The van der Waals surface area contributed by atoms with Crippen LogP contribution in [0.1, 0.15) is 13.8 Å². The Labute approximate surface area is 193 Å². The lowest BCUT2D eigenvalue weighted by atomic mass is 10.0. The number of nitrogens with zero attached hydrogens (tertiary/aromatic N) is 6. The summed E-state index contributed by atoms with van der Waals surface area (Å²) >= 11 is 0. The maximum Gasteiger partial charge on any atom is 0.239 e. The molecule has 4 aromatic rings. The van der Waals surface area contributed by atoms with Crippen molar-refractivity contribution in [3.63, 3.8) is 0 Å². The first kappa shape index (κ1) is 23.8. The lowest BCUT2D eigenvalue weighted by molar-refractivity contribution is -0.116. The van der Waals surface area contributed by atoms with Crippen molar-refractivity contribution in [1.82, 2.24) is 29.6 Å². The lowest BCUT2D eigenvalue weighted by Crippen LogP contribution is -2.27. The van der Waals surface area contributed by atoms with Gasteiger partial charge in [-0.05, 0) is 14.1 Å². The number of hydrogen-bond donors (Lipinski definition) is 1. The van der Waals surface area contributed by atoms with Crippen LogP contribution in [-0.2, 0) is 11.8 Å². The predicted molar refractivity (Wildman–Crippen MR) is 130 cm³/mol. The number of nitrogens with one attached hydrogen (secondary N) is 1. The fraction of sp³-hybridized carbons (Fsp3) is 0.292. The third-order valence-electron chi connectivity index (χ3n) is 4.64. The molecule has 0 spiro atoms. The van der Waals surface area contributed by atoms with Crippen molar-refractivity contribution in [2.24, 2.45) is 7.05 Å². The molecule has 4 rings (SSSR count). The first-order chi connectivity index (χ1) is 16.0. The molecule has 172 valence electrons. The molecule has 0 saturated heterocycles. The molecular weight excluding hydrogens is 418 g/mol. The van der Waals surface area contributed by atoms with Crippen molar-refractivity contribution < 1.29 is 9.53 Å². The minimum Gasteiger partial charge on any atom is -0.493 e. The summed E-state index contributed by atoms with van der Waals surface area (Å²) in [4.78, 5) is 27.6. The van der Waals surface area contributed by atoms with Crippen LogP contribution >= 0.6 is 0 Å². The van der Waals surface area contributed by atoms with Crippen LogP contribution in [0.5, 0.6) is 5.75 Å². The number of carbonyl (C=O) groups is 1. The Hall–Kier alpha value is -3.85. The Morgan fingerprint density at radius 3 is 2.52 bits per heavy atom. The van der Waals surface area contributed by atoms with Gasteiger partial charge in [-0.3, -0.25) is 9.48 Å². The number of aryl methyl sites for hydroxylation is 1. The number of fused-ring (bicyclic) bond motifs is 1. The van der Waals surface area contributed by atoms with Crippen LogP contribution < -0.4 is 10.1 Å². The van der Waals surface area contributed by atoms with Gasteiger partial charge in [0.05, 0.1) is 19.2 Å². The number of pyridine rings is 1. The zero-order valence-electron chi connectivity index (χ0n) is 19.8. The largest absolute Gasteiger partial charge is 0.493 e. The number of ether oxygens (including phenoxy) is 1. The average Bonchev–Trinajstić information content (AvgIpc) is 3.21. The maximum atomic E-state index is 12.3. The summed E-state index contributed by atoms with van der Waals surface area (Å²) in [5.74, 6) is 0.557. The van der Waals surface area contributed by atoms with Crippen molar-refractivity contribution >= 4 is 22.8 Å². The molecule has 0 aliphatic heterocycles. The molecule has 3 heterocycles. The van der Waals surface area contributed by atoms with Gasteiger partial charge in [0.2, 0.25) is 5.91 Å². The normalized spacial score (nSPS) is 10.6. The van der Waals surface area contributed by atoms with Crippen molar-refractivity contribution in [1.29, 1.82) is 0 Å². The van der Waals surface area contributed by atoms with Crippen molar-refractivity contribution in [3.8, 4) is 28.3 Å². The number of hydrogen-bond acceptors (Lipinski definition) is 7. The molecule has 1 aromatic carbocycles. The van der Waals surface area contributed by atoms with E-state index < -0.39 is 0 Å². The second-order valence-electron chi connectivity index (χ2n) is 7.35. The van der Waals surface area contributed by atoms with Crippen molar-refractivity contribution in [2.75, 3.05) is 33.1 Å². The number of benzene rings is 1. The monoisotopic (exact) mass is 447 g/mol. The fourth-order valence-electron chi connectivity index (χ4n) is 3.34. The molecule has 33 heavy (non-hydrogen) atoms. The van der Waals surface area contributed by atoms with E-state index in [-0.39, 0.29) is 12.5 Å². The zero-order valence-corrected chi connectivity index (χ0v) is 19.8. The topological polar surface area (TPSA) is 98.1 Å². The SMILES string of the molecule is CC.COc1cc2ncnc(-c3cn(C)nc3-c3ccccc3)c2nc1NC(=O)CN(C)C. The highest BCUT2D eigenvalue weighted by Gasteiger charge is 2.19. The fourth-order valence-corrected chi connectivity index (χ4v) is 3.34. The predicted octanol–water partition coefficient (Wildman–Crippen LogP) is 3.63. The van der Waals surface area contributed by atoms with Gasteiger partial charge in [0.15, 0.2) is 11.6 Å². The van der Waals surface area contributed by atoms with Gasteiger partial charge < -0.3 is 15.0 Å². The molecular formula is C24H29N7O2. The number of likely N-dealkylation sites (N-methyl/N-ethyl adjacent to an activating group) is 1. The van der Waals surface area contributed by atoms with Crippen LogP contribution in [0.3, 0.4) is 0 Å². The summed E-state index contributed by atoms with van der Waals surface area (Å²) in [6.45, 7) is 4.22. The Kier molecular flexibility index (Phi) is 7.68. The van der Waals surface area contributed by atoms with E-state index in [1.54, 1.807) is 15.6 Å². The zero-order chi connectivity index (χ0) is 24.0. The summed E-state index contributed by atoms with van der Waals surface area (Å²) in [5, 5.41) is 7.45. The number of anilines is 1. The van der Waals surface area contributed by atoms with E-state index in [4.69, 9.17) is 4.74 Å². The molecule has 0 atom stereocenters. The van der Waals surface area contributed by atoms with Crippen LogP contribution in [-0.4, -0.2) is 63.3 Å². The summed E-state index contributed by atoms with van der Waals surface area (Å²) in [6.07, 6.45) is 3.39. The average molecular weight is 448 g/mol. The Balaban J connectivity index is 0.00000149. The first-order valence-electron chi connectivity index (χ1n) is 10.7. The Bertz CT molecular complexity index is 1240. The van der Waals surface area contributed by atoms with Crippen molar-refractivity contribution in [2.45, 2.75) is 13.8 Å². The molecule has 0 aliphatic rings. The molecule has 9 nitrogen and oxygen atoms in total. The molecule has 0 aliphatic carbocycles.